The van der Waals surface area contributed by atoms with Gasteiger partial charge in [0.1, 0.15) is 7.85 Å². The molecule has 0 heterocycles. The fourth-order valence-corrected chi connectivity index (χ4v) is 11.8. The second kappa shape index (κ2) is 19.7. The van der Waals surface area contributed by atoms with Crippen molar-refractivity contribution in [2.75, 3.05) is 0 Å². The number of aryl methyl sites for hydroxylation is 2. The van der Waals surface area contributed by atoms with E-state index in [-0.39, 0.29) is 37.8 Å². The monoisotopic (exact) mass is 855 g/mol. The van der Waals surface area contributed by atoms with Gasteiger partial charge < -0.3 is 0 Å². The van der Waals surface area contributed by atoms with E-state index in [2.05, 4.69) is 231 Å². The molecule has 0 saturated heterocycles. The fourth-order valence-electron chi connectivity index (χ4n) is 11.8. The lowest BCUT2D eigenvalue weighted by molar-refractivity contribution is 0.0132. The Morgan fingerprint density at radius 1 is 0.571 bits per heavy atom. The molecule has 4 rings (SSSR count). The maximum Gasteiger partial charge on any atom is 0.110 e. The lowest BCUT2D eigenvalue weighted by Gasteiger charge is -2.59. The van der Waals surface area contributed by atoms with Crippen molar-refractivity contribution in [3.8, 4) is 0 Å². The third-order valence-electron chi connectivity index (χ3n) is 20.4. The molecule has 1 aliphatic rings. The van der Waals surface area contributed by atoms with E-state index in [9.17, 15) is 0 Å². The van der Waals surface area contributed by atoms with Crippen molar-refractivity contribution < 1.29 is 0 Å². The summed E-state index contributed by atoms with van der Waals surface area (Å²) in [6.45, 7) is 50.8. The normalized spacial score (nSPS) is 18.5. The van der Waals surface area contributed by atoms with Crippen molar-refractivity contribution in [2.45, 2.75) is 219 Å². The minimum atomic E-state index is 0.0311. The second-order valence-electron chi connectivity index (χ2n) is 26.3. The van der Waals surface area contributed by atoms with Gasteiger partial charge in [0, 0.05) is 0 Å². The van der Waals surface area contributed by atoms with Crippen molar-refractivity contribution in [1.29, 1.82) is 0 Å². The zero-order valence-corrected chi connectivity index (χ0v) is 45.3. The molecule has 0 saturated carbocycles. The summed E-state index contributed by atoms with van der Waals surface area (Å²) in [5, 5.41) is 0.0579. The zero-order chi connectivity index (χ0) is 47.6. The number of benzene rings is 3. The van der Waals surface area contributed by atoms with Gasteiger partial charge in [-0.05, 0) is 147 Å². The topological polar surface area (TPSA) is 0 Å². The third kappa shape index (κ3) is 11.4. The second-order valence-corrected chi connectivity index (χ2v) is 26.3. The van der Waals surface area contributed by atoms with Gasteiger partial charge in [-0.25, -0.2) is 0 Å². The highest BCUT2D eigenvalue weighted by molar-refractivity contribution is 6.16. The minimum Gasteiger partial charge on any atom is -0.0850 e. The molecular weight excluding hydrogens is 755 g/mol. The standard InChI is InChI=1S/C62H99B/c1-21-55(7,8)41-53(49-31-27-24-28-32-49)46(6)59(15,16)58(13,14)40-45(5)37-38-56(9,10)57(11,12)43-54(51-36-34-47-33-35-50(47)39-51)60(17,18)62(20,63)61(19,22-2)42-52(44(3)4)48-29-25-23-26-30-48/h23-32,34,36-37,39,44,46,52-54H,21-22,33,35,38,40-43,63H2,1-20H3/b45-37-. The van der Waals surface area contributed by atoms with E-state index < -0.39 is 0 Å². The number of fused-ring (bicyclic) bond motifs is 1. The van der Waals surface area contributed by atoms with Crippen LogP contribution in [0.2, 0.25) is 5.31 Å². The molecule has 0 nitrogen and oxygen atoms in total. The summed E-state index contributed by atoms with van der Waals surface area (Å²) >= 11 is 0. The molecule has 6 atom stereocenters. The molecule has 0 spiro atoms. The van der Waals surface area contributed by atoms with Crippen LogP contribution in [0.25, 0.3) is 0 Å². The summed E-state index contributed by atoms with van der Waals surface area (Å²) in [4.78, 5) is 0. The van der Waals surface area contributed by atoms with E-state index in [1.165, 1.54) is 56.1 Å². The lowest BCUT2D eigenvalue weighted by atomic mass is 9.38. The van der Waals surface area contributed by atoms with Crippen molar-refractivity contribution in [1.82, 2.24) is 0 Å². The molecule has 0 aromatic heterocycles. The van der Waals surface area contributed by atoms with E-state index in [0.717, 1.165) is 12.8 Å². The smallest absolute Gasteiger partial charge is 0.0850 e. The average molecular weight is 855 g/mol. The SMILES string of the molecule is BC(C)(C(C)(CC)CC(c1ccccc1)C(C)C)C(C)(C)C(CC(C)(C)C(C)(C)C/C=C(/C)CC(C)(C)C(C)(C)C(C)C(CC(C)(C)CC)c1ccccc1)c1ccc2c(c1)CC2. The Kier molecular flexibility index (Phi) is 16.6. The molecule has 0 fully saturated rings. The predicted octanol–water partition coefficient (Wildman–Crippen LogP) is 18.4. The first-order chi connectivity index (χ1) is 28.9. The maximum absolute atomic E-state index is 2.65. The largest absolute Gasteiger partial charge is 0.110 e. The van der Waals surface area contributed by atoms with E-state index in [4.69, 9.17) is 0 Å². The van der Waals surface area contributed by atoms with Crippen molar-refractivity contribution >= 4 is 7.85 Å². The Morgan fingerprint density at radius 3 is 1.56 bits per heavy atom. The number of hydrogen-bond acceptors (Lipinski definition) is 0. The minimum absolute atomic E-state index is 0.0311. The first kappa shape index (κ1) is 53.1. The van der Waals surface area contributed by atoms with Gasteiger partial charge in [0.2, 0.25) is 0 Å². The molecule has 0 amide bonds. The Balaban J connectivity index is 1.64. The van der Waals surface area contributed by atoms with Gasteiger partial charge in [0.05, 0.1) is 0 Å². The Bertz CT molecular complexity index is 1930. The van der Waals surface area contributed by atoms with E-state index >= 15 is 0 Å². The van der Waals surface area contributed by atoms with Crippen LogP contribution in [0.4, 0.5) is 0 Å². The molecule has 1 aliphatic carbocycles. The first-order valence-corrected chi connectivity index (χ1v) is 25.8. The molecule has 3 aromatic rings. The quantitative estimate of drug-likeness (QED) is 0.0658. The molecular formula is C62H99B. The van der Waals surface area contributed by atoms with Crippen LogP contribution in [0, 0.1) is 49.7 Å². The Morgan fingerprint density at radius 2 is 1.10 bits per heavy atom. The highest BCUT2D eigenvalue weighted by Gasteiger charge is 2.55. The summed E-state index contributed by atoms with van der Waals surface area (Å²) in [6.07, 6.45) is 13.3. The van der Waals surface area contributed by atoms with Crippen LogP contribution >= 0.6 is 0 Å². The van der Waals surface area contributed by atoms with E-state index in [1.807, 2.05) is 0 Å². The van der Waals surface area contributed by atoms with Gasteiger partial charge in [-0.2, -0.15) is 0 Å². The average Bonchev–Trinajstić information content (AvgIpc) is 3.20. The predicted molar refractivity (Wildman–Crippen MR) is 284 cm³/mol. The van der Waals surface area contributed by atoms with Gasteiger partial charge in [-0.3, -0.25) is 0 Å². The molecule has 63 heavy (non-hydrogen) atoms. The molecule has 6 unspecified atom stereocenters. The maximum atomic E-state index is 2.65. The molecule has 0 radical (unpaired) electrons. The molecule has 3 aromatic carbocycles. The number of allylic oxidation sites excluding steroid dienone is 2. The zero-order valence-electron chi connectivity index (χ0n) is 45.3. The summed E-state index contributed by atoms with van der Waals surface area (Å²) in [5.74, 6) is 2.60. The third-order valence-corrected chi connectivity index (χ3v) is 20.4. The summed E-state index contributed by atoms with van der Waals surface area (Å²) in [6, 6.07) is 30.5. The van der Waals surface area contributed by atoms with Crippen molar-refractivity contribution in [3.05, 3.63) is 118 Å². The van der Waals surface area contributed by atoms with Crippen molar-refractivity contribution in [3.63, 3.8) is 0 Å². The fraction of sp³-hybridized carbons (Fsp3) is 0.677. The Labute approximate surface area is 393 Å². The van der Waals surface area contributed by atoms with Crippen LogP contribution < -0.4 is 0 Å². The van der Waals surface area contributed by atoms with Gasteiger partial charge in [-0.1, -0.05) is 240 Å². The first-order valence-electron chi connectivity index (χ1n) is 25.8. The molecule has 0 N–H and O–H groups in total. The van der Waals surface area contributed by atoms with Crippen LogP contribution in [-0.2, 0) is 12.8 Å². The van der Waals surface area contributed by atoms with E-state index in [0.29, 0.717) is 35.0 Å². The van der Waals surface area contributed by atoms with Crippen LogP contribution in [0.5, 0.6) is 0 Å². The van der Waals surface area contributed by atoms with Gasteiger partial charge >= 0.3 is 0 Å². The lowest BCUT2D eigenvalue weighted by Crippen LogP contribution is -2.48. The summed E-state index contributed by atoms with van der Waals surface area (Å²) in [5.41, 5.74) is 10.2. The summed E-state index contributed by atoms with van der Waals surface area (Å²) < 4.78 is 0. The van der Waals surface area contributed by atoms with Crippen LogP contribution in [-0.4, -0.2) is 7.85 Å². The highest BCUT2D eigenvalue weighted by Crippen LogP contribution is 2.67. The van der Waals surface area contributed by atoms with Gasteiger partial charge in [-0.15, -0.1) is 0 Å². The molecule has 1 heteroatoms. The van der Waals surface area contributed by atoms with Crippen molar-refractivity contribution in [2.24, 2.45) is 49.7 Å². The number of hydrogen-bond donors (Lipinski definition) is 0. The van der Waals surface area contributed by atoms with Crippen LogP contribution in [0.1, 0.15) is 229 Å². The van der Waals surface area contributed by atoms with Gasteiger partial charge in [0.15, 0.2) is 0 Å². The molecule has 0 bridgehead atoms. The summed E-state index contributed by atoms with van der Waals surface area (Å²) in [7, 11) is 2.65. The highest BCUT2D eigenvalue weighted by atomic mass is 14.6. The number of rotatable bonds is 23. The van der Waals surface area contributed by atoms with Gasteiger partial charge in [0.25, 0.3) is 0 Å². The Hall–Kier alpha value is -2.54. The van der Waals surface area contributed by atoms with Crippen LogP contribution in [0.3, 0.4) is 0 Å². The van der Waals surface area contributed by atoms with Crippen LogP contribution in [0.15, 0.2) is 90.5 Å². The van der Waals surface area contributed by atoms with E-state index in [1.54, 1.807) is 22.3 Å². The molecule has 350 valence electrons. The molecule has 0 aliphatic heterocycles.